The smallest absolute Gasteiger partial charge is 0.378 e. The first-order valence-corrected chi connectivity index (χ1v) is 8.52. The molecule has 150 valence electrons. The summed E-state index contributed by atoms with van der Waals surface area (Å²) in [6.45, 7) is 0. The minimum absolute atomic E-state index is 0.149. The number of anilines is 2. The van der Waals surface area contributed by atoms with Crippen LogP contribution in [0.15, 0.2) is 65.3 Å². The summed E-state index contributed by atoms with van der Waals surface area (Å²) in [5, 5.41) is 6.55. The molecule has 1 N–H and O–H groups in total. The average Bonchev–Trinajstić information content (AvgIpc) is 2.98. The van der Waals surface area contributed by atoms with Crippen LogP contribution in [-0.4, -0.2) is 37.9 Å². The van der Waals surface area contributed by atoms with Gasteiger partial charge in [0.1, 0.15) is 0 Å². The molecule has 0 radical (unpaired) electrons. The number of hydrogen-bond acceptors (Lipinski definition) is 4. The van der Waals surface area contributed by atoms with E-state index in [1.54, 1.807) is 59.9 Å². The van der Waals surface area contributed by atoms with Gasteiger partial charge < -0.3 is 10.2 Å². The lowest BCUT2D eigenvalue weighted by molar-refractivity contribution is -0.171. The predicted molar refractivity (Wildman–Crippen MR) is 104 cm³/mol. The van der Waals surface area contributed by atoms with Crippen molar-refractivity contribution in [1.82, 2.24) is 5.32 Å². The van der Waals surface area contributed by atoms with E-state index in [9.17, 15) is 22.8 Å². The molecule has 2 aromatic rings. The lowest BCUT2D eigenvalue weighted by Gasteiger charge is -2.12. The van der Waals surface area contributed by atoms with Gasteiger partial charge in [0.25, 0.3) is 5.91 Å². The summed E-state index contributed by atoms with van der Waals surface area (Å²) in [5.74, 6) is -3.31. The first kappa shape index (κ1) is 20.1. The van der Waals surface area contributed by atoms with Gasteiger partial charge in [-0.2, -0.15) is 18.2 Å². The van der Waals surface area contributed by atoms with Gasteiger partial charge in [0.15, 0.2) is 5.84 Å². The van der Waals surface area contributed by atoms with E-state index in [2.05, 4.69) is 5.10 Å². The third-order valence-electron chi connectivity index (χ3n) is 4.09. The van der Waals surface area contributed by atoms with Crippen LogP contribution in [0.3, 0.4) is 0 Å². The summed E-state index contributed by atoms with van der Waals surface area (Å²) < 4.78 is 38.1. The number of carbonyl (C=O) groups is 2. The van der Waals surface area contributed by atoms with Gasteiger partial charge in [-0.05, 0) is 35.9 Å². The Hall–Kier alpha value is -3.62. The SMILES string of the molecule is CN(C)c1ccc(C=C2C(=O)N(c3ccccc3)N=C2NC(=O)C(F)(F)F)cc1. The molecule has 0 spiro atoms. The summed E-state index contributed by atoms with van der Waals surface area (Å²) in [6.07, 6.45) is -3.72. The topological polar surface area (TPSA) is 65.0 Å². The standard InChI is InChI=1S/C20H17F3N4O2/c1-26(2)14-10-8-13(9-11-14)12-16-17(24-19(29)20(21,22)23)25-27(18(16)28)15-6-4-3-5-7-15/h3-12H,1-2H3,(H,24,25,29). The molecule has 6 nitrogen and oxygen atoms in total. The lowest BCUT2D eigenvalue weighted by Crippen LogP contribution is -2.41. The van der Waals surface area contributed by atoms with Crippen LogP contribution in [-0.2, 0) is 9.59 Å². The fourth-order valence-corrected chi connectivity index (χ4v) is 2.60. The summed E-state index contributed by atoms with van der Waals surface area (Å²) in [6, 6.07) is 15.2. The summed E-state index contributed by atoms with van der Waals surface area (Å²) in [5.41, 5.74) is 1.70. The van der Waals surface area contributed by atoms with Gasteiger partial charge in [-0.15, -0.1) is 5.10 Å². The molecule has 0 aromatic heterocycles. The van der Waals surface area contributed by atoms with E-state index in [1.165, 1.54) is 6.08 Å². The Balaban J connectivity index is 1.99. The molecule has 0 saturated carbocycles. The van der Waals surface area contributed by atoms with Gasteiger partial charge in [0.05, 0.1) is 11.3 Å². The van der Waals surface area contributed by atoms with E-state index in [4.69, 9.17) is 0 Å². The molecule has 0 unspecified atom stereocenters. The number of hydrazone groups is 1. The Kier molecular flexibility index (Phi) is 5.40. The highest BCUT2D eigenvalue weighted by Gasteiger charge is 2.42. The first-order chi connectivity index (χ1) is 13.7. The molecule has 0 fully saturated rings. The number of hydrogen-bond donors (Lipinski definition) is 1. The van der Waals surface area contributed by atoms with Crippen molar-refractivity contribution in [2.24, 2.45) is 5.10 Å². The fraction of sp³-hybridized carbons (Fsp3) is 0.150. The Morgan fingerprint density at radius 2 is 1.69 bits per heavy atom. The fourth-order valence-electron chi connectivity index (χ4n) is 2.60. The van der Waals surface area contributed by atoms with Crippen molar-refractivity contribution in [3.63, 3.8) is 0 Å². The van der Waals surface area contributed by atoms with Crippen molar-refractivity contribution in [2.45, 2.75) is 6.18 Å². The van der Waals surface area contributed by atoms with Crippen LogP contribution < -0.4 is 15.2 Å². The van der Waals surface area contributed by atoms with Crippen LogP contribution in [0.2, 0.25) is 0 Å². The van der Waals surface area contributed by atoms with E-state index in [-0.39, 0.29) is 5.57 Å². The maximum atomic E-state index is 12.8. The maximum absolute atomic E-state index is 12.8. The minimum Gasteiger partial charge on any atom is -0.378 e. The van der Waals surface area contributed by atoms with E-state index >= 15 is 0 Å². The van der Waals surface area contributed by atoms with Crippen molar-refractivity contribution < 1.29 is 22.8 Å². The third kappa shape index (κ3) is 4.45. The van der Waals surface area contributed by atoms with Crippen molar-refractivity contribution in [3.8, 4) is 0 Å². The first-order valence-electron chi connectivity index (χ1n) is 8.52. The van der Waals surface area contributed by atoms with Gasteiger partial charge in [0.2, 0.25) is 0 Å². The highest BCUT2D eigenvalue weighted by atomic mass is 19.4. The number of amides is 2. The van der Waals surface area contributed by atoms with Crippen LogP contribution in [0, 0.1) is 0 Å². The average molecular weight is 402 g/mol. The van der Waals surface area contributed by atoms with E-state index in [0.29, 0.717) is 11.3 Å². The molecule has 9 heteroatoms. The molecule has 3 rings (SSSR count). The number of nitrogens with zero attached hydrogens (tertiary/aromatic N) is 3. The molecule has 1 aliphatic heterocycles. The Labute approximate surface area is 164 Å². The summed E-state index contributed by atoms with van der Waals surface area (Å²) in [4.78, 5) is 26.1. The summed E-state index contributed by atoms with van der Waals surface area (Å²) in [7, 11) is 3.73. The van der Waals surface area contributed by atoms with Gasteiger partial charge in [-0.1, -0.05) is 30.3 Å². The van der Waals surface area contributed by atoms with Crippen LogP contribution in [0.4, 0.5) is 24.5 Å². The molecule has 0 atom stereocenters. The molecular weight excluding hydrogens is 385 g/mol. The van der Waals surface area contributed by atoms with Gasteiger partial charge in [0, 0.05) is 19.8 Å². The highest BCUT2D eigenvalue weighted by Crippen LogP contribution is 2.25. The number of carbonyl (C=O) groups excluding carboxylic acids is 2. The Morgan fingerprint density at radius 3 is 2.24 bits per heavy atom. The number of halogens is 3. The minimum atomic E-state index is -5.11. The number of benzene rings is 2. The van der Waals surface area contributed by atoms with Gasteiger partial charge in [-0.25, -0.2) is 0 Å². The van der Waals surface area contributed by atoms with Crippen LogP contribution in [0.1, 0.15) is 5.56 Å². The monoisotopic (exact) mass is 402 g/mol. The molecule has 2 aromatic carbocycles. The largest absolute Gasteiger partial charge is 0.471 e. The van der Waals surface area contributed by atoms with Crippen molar-refractivity contribution in [1.29, 1.82) is 0 Å². The number of alkyl halides is 3. The normalized spacial score (nSPS) is 15.5. The van der Waals surface area contributed by atoms with Gasteiger partial charge in [-0.3, -0.25) is 9.59 Å². The zero-order valence-electron chi connectivity index (χ0n) is 15.6. The molecule has 1 aliphatic rings. The third-order valence-corrected chi connectivity index (χ3v) is 4.09. The Bertz CT molecular complexity index is 981. The van der Waals surface area contributed by atoms with Crippen LogP contribution >= 0.6 is 0 Å². The van der Waals surface area contributed by atoms with E-state index < -0.39 is 23.8 Å². The molecular formula is C20H17F3N4O2. The molecule has 29 heavy (non-hydrogen) atoms. The predicted octanol–water partition coefficient (Wildman–Crippen LogP) is 3.17. The van der Waals surface area contributed by atoms with Crippen molar-refractivity contribution in [2.75, 3.05) is 24.0 Å². The van der Waals surface area contributed by atoms with Gasteiger partial charge >= 0.3 is 12.1 Å². The number of amidine groups is 1. The molecule has 1 heterocycles. The second kappa shape index (κ2) is 7.78. The van der Waals surface area contributed by atoms with E-state index in [1.807, 2.05) is 19.0 Å². The van der Waals surface area contributed by atoms with Crippen molar-refractivity contribution >= 4 is 35.1 Å². The number of para-hydroxylation sites is 1. The quantitative estimate of drug-likeness (QED) is 0.802. The molecule has 2 amide bonds. The second-order valence-electron chi connectivity index (χ2n) is 6.40. The molecule has 0 saturated heterocycles. The van der Waals surface area contributed by atoms with Crippen molar-refractivity contribution in [3.05, 3.63) is 65.7 Å². The number of nitrogens with one attached hydrogen (secondary N) is 1. The lowest BCUT2D eigenvalue weighted by atomic mass is 10.1. The zero-order valence-corrected chi connectivity index (χ0v) is 15.6. The number of rotatable bonds is 3. The van der Waals surface area contributed by atoms with E-state index in [0.717, 1.165) is 10.7 Å². The highest BCUT2D eigenvalue weighted by molar-refractivity contribution is 6.34. The second-order valence-corrected chi connectivity index (χ2v) is 6.40. The van der Waals surface area contributed by atoms with Crippen LogP contribution in [0.5, 0.6) is 0 Å². The zero-order chi connectivity index (χ0) is 21.2. The maximum Gasteiger partial charge on any atom is 0.471 e. The van der Waals surface area contributed by atoms with Crippen LogP contribution in [0.25, 0.3) is 6.08 Å². The summed E-state index contributed by atoms with van der Waals surface area (Å²) >= 11 is 0. The Morgan fingerprint density at radius 1 is 1.07 bits per heavy atom. The molecule has 0 bridgehead atoms. The molecule has 0 aliphatic carbocycles.